The fourth-order valence-corrected chi connectivity index (χ4v) is 7.12. The molecular weight excluding hydrogens is 687 g/mol. The normalized spacial score (nSPS) is 12.9. The minimum atomic E-state index is -4.04. The maximum atomic E-state index is 12.8. The Morgan fingerprint density at radius 3 is 1.36 bits per heavy atom. The third-order valence-corrected chi connectivity index (χ3v) is 10.7. The van der Waals surface area contributed by atoms with Gasteiger partial charge in [0.25, 0.3) is 10.1 Å². The van der Waals surface area contributed by atoms with Gasteiger partial charge in [0, 0.05) is 19.3 Å². The Bertz CT molecular complexity index is 1020. The molecule has 9 heteroatoms. The number of quaternary nitrogens is 1. The van der Waals surface area contributed by atoms with E-state index in [1.807, 2.05) is 14.1 Å². The van der Waals surface area contributed by atoms with Crippen LogP contribution in [0.1, 0.15) is 200 Å². The third kappa shape index (κ3) is 39.8. The molecule has 0 aromatic heterocycles. The van der Waals surface area contributed by atoms with Crippen LogP contribution in [0.4, 0.5) is 0 Å². The van der Waals surface area contributed by atoms with E-state index in [-0.39, 0.29) is 30.7 Å². The van der Waals surface area contributed by atoms with Gasteiger partial charge in [0.1, 0.15) is 13.2 Å². The number of allylic oxidation sites excluding steroid dienone is 4. The van der Waals surface area contributed by atoms with Crippen LogP contribution in [-0.4, -0.2) is 75.0 Å². The van der Waals surface area contributed by atoms with E-state index in [1.54, 1.807) is 0 Å². The van der Waals surface area contributed by atoms with Crippen LogP contribution in [0.3, 0.4) is 0 Å². The summed E-state index contributed by atoms with van der Waals surface area (Å²) in [5.41, 5.74) is 0. The number of carbonyl (C=O) groups excluding carboxylic acids is 2. The number of hydrogen-bond acceptors (Lipinski definition) is 6. The molecule has 0 aromatic rings. The minimum Gasteiger partial charge on any atom is -0.461 e. The maximum absolute atomic E-state index is 12.8. The molecule has 1 unspecified atom stereocenters. The summed E-state index contributed by atoms with van der Waals surface area (Å²) < 4.78 is 43.3. The number of nitrogens with zero attached hydrogens (tertiary/aromatic N) is 1. The Morgan fingerprint density at radius 1 is 0.566 bits per heavy atom. The zero-order valence-corrected chi connectivity index (χ0v) is 35.8. The van der Waals surface area contributed by atoms with Gasteiger partial charge in [-0.05, 0) is 64.2 Å². The smallest absolute Gasteiger partial charge is 0.306 e. The van der Waals surface area contributed by atoms with Crippen LogP contribution in [0.2, 0.25) is 0 Å². The number of carbonyl (C=O) groups is 2. The van der Waals surface area contributed by atoms with Gasteiger partial charge in [0.2, 0.25) is 0 Å². The van der Waals surface area contributed by atoms with Crippen LogP contribution >= 0.6 is 0 Å². The molecule has 0 saturated heterocycles. The van der Waals surface area contributed by atoms with Gasteiger partial charge in [-0.25, -0.2) is 0 Å². The Labute approximate surface area is 327 Å². The van der Waals surface area contributed by atoms with Crippen molar-refractivity contribution in [2.24, 2.45) is 0 Å². The van der Waals surface area contributed by atoms with E-state index in [9.17, 15) is 18.0 Å². The SMILES string of the molecule is CCCCCCCC/C=C\CCCCCCCC(=O)OCC(C[N+](C)(C)CCCS(=O)(=O)O)OC(=O)CCCCCCC/C=C\CCCCCCCC. The zero-order valence-electron chi connectivity index (χ0n) is 35.0. The largest absolute Gasteiger partial charge is 0.461 e. The summed E-state index contributed by atoms with van der Waals surface area (Å²) in [6.45, 7) is 5.34. The van der Waals surface area contributed by atoms with E-state index in [1.165, 1.54) is 103 Å². The number of unbranched alkanes of at least 4 members (excludes halogenated alkanes) is 22. The predicted octanol–water partition coefficient (Wildman–Crippen LogP) is 11.9. The Balaban J connectivity index is 4.37. The highest BCUT2D eigenvalue weighted by molar-refractivity contribution is 7.85. The molecule has 0 rings (SSSR count). The van der Waals surface area contributed by atoms with Crippen molar-refractivity contribution in [3.8, 4) is 0 Å². The first-order chi connectivity index (χ1) is 25.5. The highest BCUT2D eigenvalue weighted by Crippen LogP contribution is 2.14. The average Bonchev–Trinajstić information content (AvgIpc) is 3.09. The number of hydrogen-bond donors (Lipinski definition) is 1. The summed E-state index contributed by atoms with van der Waals surface area (Å²) >= 11 is 0. The summed E-state index contributed by atoms with van der Waals surface area (Å²) in [5, 5.41) is 0. The third-order valence-electron chi connectivity index (χ3n) is 9.88. The summed E-state index contributed by atoms with van der Waals surface area (Å²) in [4.78, 5) is 25.4. The van der Waals surface area contributed by atoms with Gasteiger partial charge in [-0.3, -0.25) is 14.1 Å². The highest BCUT2D eigenvalue weighted by atomic mass is 32.2. The minimum absolute atomic E-state index is 0.0119. The van der Waals surface area contributed by atoms with Crippen LogP contribution in [0, 0.1) is 0 Å². The van der Waals surface area contributed by atoms with Crippen LogP contribution < -0.4 is 0 Å². The molecule has 0 saturated carbocycles. The van der Waals surface area contributed by atoms with Crippen molar-refractivity contribution in [2.75, 3.05) is 39.5 Å². The molecule has 0 amide bonds. The van der Waals surface area contributed by atoms with Crippen molar-refractivity contribution in [3.05, 3.63) is 24.3 Å². The molecule has 8 nitrogen and oxygen atoms in total. The lowest BCUT2D eigenvalue weighted by Crippen LogP contribution is -2.49. The fraction of sp³-hybridized carbons (Fsp3) is 0.864. The van der Waals surface area contributed by atoms with Crippen molar-refractivity contribution in [2.45, 2.75) is 206 Å². The van der Waals surface area contributed by atoms with Crippen molar-refractivity contribution in [1.29, 1.82) is 0 Å². The zero-order chi connectivity index (χ0) is 39.3. The van der Waals surface area contributed by atoms with Gasteiger partial charge >= 0.3 is 11.9 Å². The quantitative estimate of drug-likeness (QED) is 0.0218. The van der Waals surface area contributed by atoms with E-state index in [4.69, 9.17) is 14.0 Å². The first kappa shape index (κ1) is 51.3. The first-order valence-electron chi connectivity index (χ1n) is 21.9. The van der Waals surface area contributed by atoms with E-state index < -0.39 is 16.2 Å². The van der Waals surface area contributed by atoms with E-state index in [2.05, 4.69) is 38.2 Å². The first-order valence-corrected chi connectivity index (χ1v) is 23.5. The predicted molar refractivity (Wildman–Crippen MR) is 223 cm³/mol. The van der Waals surface area contributed by atoms with Gasteiger partial charge in [-0.1, -0.05) is 141 Å². The average molecular weight is 771 g/mol. The molecule has 0 heterocycles. The second-order valence-electron chi connectivity index (χ2n) is 15.9. The Morgan fingerprint density at radius 2 is 0.943 bits per heavy atom. The van der Waals surface area contributed by atoms with Crippen molar-refractivity contribution < 1.29 is 36.5 Å². The summed E-state index contributed by atoms with van der Waals surface area (Å²) in [5.74, 6) is -0.893. The van der Waals surface area contributed by atoms with Gasteiger partial charge in [0.15, 0.2) is 6.10 Å². The topological polar surface area (TPSA) is 107 Å². The van der Waals surface area contributed by atoms with Crippen LogP contribution in [-0.2, 0) is 29.2 Å². The molecule has 0 aliphatic rings. The molecule has 53 heavy (non-hydrogen) atoms. The molecule has 0 fully saturated rings. The second-order valence-corrected chi connectivity index (χ2v) is 17.5. The van der Waals surface area contributed by atoms with Gasteiger partial charge in [-0.15, -0.1) is 0 Å². The standard InChI is InChI=1S/C44H83NO7S/c1-5-7-9-11-13-15-17-19-21-23-25-27-29-31-33-36-43(46)51-41-42(40-45(3,4)38-35-39-53(48,49)50)52-44(47)37-34-32-30-28-26-24-22-20-18-16-14-12-10-8-6-2/h19-22,42H,5-18,23-41H2,1-4H3/p+1/b21-19-,22-20-. The number of likely N-dealkylation sites (N-methyl/N-ethyl adjacent to an activating group) is 1. The lowest BCUT2D eigenvalue weighted by Gasteiger charge is -2.33. The Hall–Kier alpha value is -1.71. The van der Waals surface area contributed by atoms with E-state index >= 15 is 0 Å². The van der Waals surface area contributed by atoms with Gasteiger partial charge in [-0.2, -0.15) is 8.42 Å². The fourth-order valence-electron chi connectivity index (χ4n) is 6.62. The molecular formula is C44H84NO7S+. The molecule has 1 atom stereocenters. The summed E-state index contributed by atoms with van der Waals surface area (Å²) in [6.07, 6.45) is 40.7. The molecule has 0 aromatic carbocycles. The lowest BCUT2D eigenvalue weighted by molar-refractivity contribution is -0.893. The number of rotatable bonds is 39. The molecule has 0 radical (unpaired) electrons. The maximum Gasteiger partial charge on any atom is 0.306 e. The number of ether oxygens (including phenoxy) is 2. The molecule has 1 N–H and O–H groups in total. The monoisotopic (exact) mass is 771 g/mol. The molecule has 312 valence electrons. The van der Waals surface area contributed by atoms with Crippen molar-refractivity contribution >= 4 is 22.1 Å². The van der Waals surface area contributed by atoms with Gasteiger partial charge < -0.3 is 14.0 Å². The second kappa shape index (κ2) is 36.0. The van der Waals surface area contributed by atoms with Crippen LogP contribution in [0.15, 0.2) is 24.3 Å². The van der Waals surface area contributed by atoms with Crippen molar-refractivity contribution in [1.82, 2.24) is 0 Å². The van der Waals surface area contributed by atoms with Crippen LogP contribution in [0.25, 0.3) is 0 Å². The molecule has 0 aliphatic heterocycles. The lowest BCUT2D eigenvalue weighted by atomic mass is 10.1. The molecule has 0 aliphatic carbocycles. The van der Waals surface area contributed by atoms with Crippen molar-refractivity contribution in [3.63, 3.8) is 0 Å². The van der Waals surface area contributed by atoms with E-state index in [0.717, 1.165) is 64.2 Å². The summed E-state index contributed by atoms with van der Waals surface area (Å²) in [6, 6.07) is 0. The van der Waals surface area contributed by atoms with Gasteiger partial charge in [0.05, 0.1) is 26.4 Å². The molecule has 0 spiro atoms. The number of esters is 2. The van der Waals surface area contributed by atoms with Crippen LogP contribution in [0.5, 0.6) is 0 Å². The molecule has 0 bridgehead atoms. The summed E-state index contributed by atoms with van der Waals surface area (Å²) in [7, 11) is -0.205. The van der Waals surface area contributed by atoms with E-state index in [0.29, 0.717) is 30.4 Å². The highest BCUT2D eigenvalue weighted by Gasteiger charge is 2.27. The Kier molecular flexibility index (Phi) is 34.8.